The molecule has 0 spiro atoms. The van der Waals surface area contributed by atoms with E-state index in [-0.39, 0.29) is 17.3 Å². The molecule has 29 heavy (non-hydrogen) atoms. The van der Waals surface area contributed by atoms with Gasteiger partial charge in [0, 0.05) is 6.54 Å². The molecule has 6 nitrogen and oxygen atoms in total. The highest BCUT2D eigenvalue weighted by Crippen LogP contribution is 2.34. The highest BCUT2D eigenvalue weighted by molar-refractivity contribution is 7.93. The first-order valence-corrected chi connectivity index (χ1v) is 10.8. The van der Waals surface area contributed by atoms with Crippen molar-refractivity contribution in [1.82, 2.24) is 9.78 Å². The predicted octanol–water partition coefficient (Wildman–Crippen LogP) is 3.12. The Bertz CT molecular complexity index is 1160. The smallest absolute Gasteiger partial charge is 0.268 e. The fraction of sp³-hybridized carbons (Fsp3) is 0.286. The van der Waals surface area contributed by atoms with Gasteiger partial charge in [-0.25, -0.2) is 12.8 Å². The van der Waals surface area contributed by atoms with Gasteiger partial charge >= 0.3 is 0 Å². The average molecular weight is 415 g/mol. The second-order valence-electron chi connectivity index (χ2n) is 7.21. The van der Waals surface area contributed by atoms with E-state index in [1.54, 1.807) is 13.8 Å². The van der Waals surface area contributed by atoms with Gasteiger partial charge in [-0.05, 0) is 49.6 Å². The van der Waals surface area contributed by atoms with Crippen LogP contribution in [-0.4, -0.2) is 29.8 Å². The zero-order valence-electron chi connectivity index (χ0n) is 16.2. The molecule has 8 heteroatoms. The molecule has 0 saturated carbocycles. The van der Waals surface area contributed by atoms with Gasteiger partial charge in [0.1, 0.15) is 10.7 Å². The summed E-state index contributed by atoms with van der Waals surface area (Å²) in [7, 11) is -3.78. The molecule has 0 aliphatic carbocycles. The minimum Gasteiger partial charge on any atom is -0.386 e. The summed E-state index contributed by atoms with van der Waals surface area (Å²) in [6.45, 7) is 3.81. The first-order chi connectivity index (χ1) is 13.8. The topological polar surface area (TPSA) is 75.4 Å². The van der Waals surface area contributed by atoms with Crippen molar-refractivity contribution in [3.8, 4) is 0 Å². The van der Waals surface area contributed by atoms with Crippen molar-refractivity contribution in [2.45, 2.75) is 37.8 Å². The number of aliphatic hydroxyl groups is 1. The Hall–Kier alpha value is -2.71. The number of nitrogens with zero attached hydrogens (tertiary/aromatic N) is 3. The van der Waals surface area contributed by atoms with Gasteiger partial charge in [-0.1, -0.05) is 30.3 Å². The Morgan fingerprint density at radius 1 is 1.14 bits per heavy atom. The monoisotopic (exact) mass is 415 g/mol. The van der Waals surface area contributed by atoms with Crippen LogP contribution in [0.15, 0.2) is 53.4 Å². The summed E-state index contributed by atoms with van der Waals surface area (Å²) in [6.07, 6.45) is -0.262. The van der Waals surface area contributed by atoms with Crippen molar-refractivity contribution >= 4 is 15.7 Å². The molecule has 1 aromatic heterocycles. The van der Waals surface area contributed by atoms with Gasteiger partial charge in [-0.3, -0.25) is 8.99 Å². The third-order valence-corrected chi connectivity index (χ3v) is 7.37. The number of hydrogen-bond donors (Lipinski definition) is 1. The van der Waals surface area contributed by atoms with Crippen LogP contribution in [0.4, 0.5) is 10.1 Å². The van der Waals surface area contributed by atoms with Gasteiger partial charge in [0.25, 0.3) is 10.0 Å². The van der Waals surface area contributed by atoms with E-state index in [0.717, 1.165) is 5.56 Å². The van der Waals surface area contributed by atoms with Gasteiger partial charge in [-0.2, -0.15) is 5.10 Å². The molecule has 0 fully saturated rings. The Morgan fingerprint density at radius 2 is 1.83 bits per heavy atom. The summed E-state index contributed by atoms with van der Waals surface area (Å²) in [4.78, 5) is 0.167. The average Bonchev–Trinajstić information content (AvgIpc) is 3.24. The van der Waals surface area contributed by atoms with Crippen molar-refractivity contribution in [3.05, 3.63) is 76.9 Å². The number of aromatic nitrogens is 2. The molecule has 1 aliphatic rings. The number of para-hydroxylation sites is 1. The van der Waals surface area contributed by atoms with Crippen molar-refractivity contribution in [2.75, 3.05) is 10.8 Å². The molecule has 4 rings (SSSR count). The number of rotatable bonds is 5. The quantitative estimate of drug-likeness (QED) is 0.695. The molecule has 1 N–H and O–H groups in total. The lowest BCUT2D eigenvalue weighted by molar-refractivity contribution is 0.150. The highest BCUT2D eigenvalue weighted by atomic mass is 32.2. The molecule has 1 aliphatic heterocycles. The van der Waals surface area contributed by atoms with Crippen LogP contribution in [0.2, 0.25) is 0 Å². The van der Waals surface area contributed by atoms with Crippen molar-refractivity contribution in [1.29, 1.82) is 0 Å². The van der Waals surface area contributed by atoms with Crippen LogP contribution >= 0.6 is 0 Å². The number of aryl methyl sites for hydroxylation is 1. The molecule has 152 valence electrons. The second-order valence-corrected chi connectivity index (χ2v) is 9.00. The van der Waals surface area contributed by atoms with E-state index in [4.69, 9.17) is 0 Å². The molecule has 0 saturated heterocycles. The van der Waals surface area contributed by atoms with Crippen LogP contribution in [0.3, 0.4) is 0 Å². The van der Waals surface area contributed by atoms with Crippen LogP contribution < -0.4 is 4.31 Å². The molecule has 3 aromatic rings. The van der Waals surface area contributed by atoms with E-state index in [1.807, 2.05) is 24.3 Å². The minimum atomic E-state index is -3.78. The Labute approximate surface area is 169 Å². The zero-order valence-corrected chi connectivity index (χ0v) is 17.0. The fourth-order valence-electron chi connectivity index (χ4n) is 3.85. The molecule has 0 amide bonds. The molecule has 1 unspecified atom stereocenters. The van der Waals surface area contributed by atoms with E-state index in [0.29, 0.717) is 35.6 Å². The Balaban J connectivity index is 1.66. The zero-order chi connectivity index (χ0) is 20.8. The third-order valence-electron chi connectivity index (χ3n) is 5.31. The summed E-state index contributed by atoms with van der Waals surface area (Å²) < 4.78 is 42.9. The van der Waals surface area contributed by atoms with E-state index < -0.39 is 16.1 Å². The molecular weight excluding hydrogens is 393 g/mol. The van der Waals surface area contributed by atoms with Gasteiger partial charge < -0.3 is 5.11 Å². The Morgan fingerprint density at radius 3 is 2.55 bits per heavy atom. The molecule has 0 bridgehead atoms. The van der Waals surface area contributed by atoms with Gasteiger partial charge in [0.05, 0.1) is 29.7 Å². The number of aliphatic hydroxyl groups excluding tert-OH is 1. The van der Waals surface area contributed by atoms with Crippen LogP contribution in [0.5, 0.6) is 0 Å². The number of hydrogen-bond acceptors (Lipinski definition) is 4. The number of anilines is 1. The van der Waals surface area contributed by atoms with Crippen molar-refractivity contribution in [3.63, 3.8) is 0 Å². The normalized spacial score (nSPS) is 14.8. The third kappa shape index (κ3) is 3.42. The standard InChI is InChI=1S/C21H22FN3O3S/c1-14-21(29(27,28)25-12-11-16-5-3-4-6-19(16)25)15(2)24(23-14)13-20(26)17-7-9-18(22)10-8-17/h3-10,20,26H,11-13H2,1-2H3. The first-order valence-electron chi connectivity index (χ1n) is 9.37. The van der Waals surface area contributed by atoms with E-state index in [1.165, 1.54) is 33.3 Å². The lowest BCUT2D eigenvalue weighted by atomic mass is 10.1. The lowest BCUT2D eigenvalue weighted by Crippen LogP contribution is -2.30. The summed E-state index contributed by atoms with van der Waals surface area (Å²) in [5.74, 6) is -0.383. The maximum atomic E-state index is 13.4. The van der Waals surface area contributed by atoms with Crippen LogP contribution in [-0.2, 0) is 23.0 Å². The van der Waals surface area contributed by atoms with Gasteiger partial charge in [0.2, 0.25) is 0 Å². The maximum absolute atomic E-state index is 13.4. The maximum Gasteiger partial charge on any atom is 0.268 e. The molecule has 1 atom stereocenters. The van der Waals surface area contributed by atoms with Crippen molar-refractivity contribution in [2.24, 2.45) is 0 Å². The van der Waals surface area contributed by atoms with Crippen LogP contribution in [0.1, 0.15) is 28.6 Å². The number of halogens is 1. The second kappa shape index (κ2) is 7.27. The van der Waals surface area contributed by atoms with Crippen LogP contribution in [0, 0.1) is 19.7 Å². The summed E-state index contributed by atoms with van der Waals surface area (Å²) >= 11 is 0. The SMILES string of the molecule is Cc1nn(CC(O)c2ccc(F)cc2)c(C)c1S(=O)(=O)N1CCc2ccccc21. The van der Waals surface area contributed by atoms with Gasteiger partial charge in [0.15, 0.2) is 0 Å². The first kappa shape index (κ1) is 19.6. The predicted molar refractivity (Wildman–Crippen MR) is 108 cm³/mol. The number of benzene rings is 2. The number of fused-ring (bicyclic) bond motifs is 1. The molecule has 2 aromatic carbocycles. The lowest BCUT2D eigenvalue weighted by Gasteiger charge is -2.20. The summed E-state index contributed by atoms with van der Waals surface area (Å²) in [5.41, 5.74) is 3.10. The van der Waals surface area contributed by atoms with Gasteiger partial charge in [-0.15, -0.1) is 0 Å². The van der Waals surface area contributed by atoms with E-state index >= 15 is 0 Å². The van der Waals surface area contributed by atoms with E-state index in [9.17, 15) is 17.9 Å². The molecule has 2 heterocycles. The van der Waals surface area contributed by atoms with Crippen LogP contribution in [0.25, 0.3) is 0 Å². The molecule has 0 radical (unpaired) electrons. The summed E-state index contributed by atoms with van der Waals surface area (Å²) in [5, 5.41) is 14.9. The molecular formula is C21H22FN3O3S. The summed E-state index contributed by atoms with van der Waals surface area (Å²) in [6, 6.07) is 13.0. The van der Waals surface area contributed by atoms with E-state index in [2.05, 4.69) is 5.10 Å². The van der Waals surface area contributed by atoms with Crippen molar-refractivity contribution < 1.29 is 17.9 Å². The minimum absolute atomic E-state index is 0.0738. The fourth-order valence-corrected chi connectivity index (χ4v) is 5.74. The Kier molecular flexibility index (Phi) is 4.92. The largest absolute Gasteiger partial charge is 0.386 e. The number of sulfonamides is 1. The highest BCUT2D eigenvalue weighted by Gasteiger charge is 2.35.